The van der Waals surface area contributed by atoms with Crippen molar-refractivity contribution >= 4 is 29.1 Å². The maximum absolute atomic E-state index is 13.7. The van der Waals surface area contributed by atoms with Gasteiger partial charge in [-0.3, -0.25) is 14.0 Å². The van der Waals surface area contributed by atoms with Crippen LogP contribution in [-0.4, -0.2) is 56.2 Å². The van der Waals surface area contributed by atoms with Crippen molar-refractivity contribution in [2.45, 2.75) is 63.2 Å². The van der Waals surface area contributed by atoms with Crippen LogP contribution in [0.25, 0.3) is 5.65 Å². The summed E-state index contributed by atoms with van der Waals surface area (Å²) in [6, 6.07) is 1.05. The van der Waals surface area contributed by atoms with Gasteiger partial charge >= 0.3 is 6.18 Å². The molecule has 2 saturated carbocycles. The number of carbonyl (C=O) groups excluding carboxylic acids is 2. The third-order valence-corrected chi connectivity index (χ3v) is 7.00. The number of nitrogens with zero attached hydrogens (tertiary/aromatic N) is 4. The number of hydrogen-bond donors (Lipinski definition) is 0. The Hall–Kier alpha value is -2.29. The monoisotopic (exact) mass is 454 g/mol. The van der Waals surface area contributed by atoms with E-state index in [1.165, 1.54) is 11.1 Å². The van der Waals surface area contributed by atoms with Crippen LogP contribution in [0.15, 0.2) is 12.3 Å². The van der Waals surface area contributed by atoms with E-state index in [4.69, 9.17) is 11.6 Å². The van der Waals surface area contributed by atoms with E-state index in [0.717, 1.165) is 42.6 Å². The maximum atomic E-state index is 13.7. The molecule has 2 aromatic rings. The number of halogens is 4. The molecular formula is C21H22ClF3N4O2. The Balaban J connectivity index is 1.50. The fraction of sp³-hybridized carbons (Fsp3) is 0.571. The van der Waals surface area contributed by atoms with Gasteiger partial charge in [0.25, 0.3) is 5.91 Å². The SMILES string of the molecule is C[C@@H]1CN(C2CCC2)C(=O)CN1C(=O)c1nc2c(C(F)(F)F)cc(C3CC3)cn2c1Cl. The van der Waals surface area contributed by atoms with Crippen molar-refractivity contribution in [2.75, 3.05) is 13.1 Å². The molecule has 5 rings (SSSR count). The summed E-state index contributed by atoms with van der Waals surface area (Å²) in [4.78, 5) is 33.0. The van der Waals surface area contributed by atoms with Crippen molar-refractivity contribution < 1.29 is 22.8 Å². The van der Waals surface area contributed by atoms with E-state index in [1.54, 1.807) is 0 Å². The van der Waals surface area contributed by atoms with Gasteiger partial charge in [0.05, 0.1) is 5.56 Å². The van der Waals surface area contributed by atoms with Crippen molar-refractivity contribution in [3.05, 3.63) is 34.2 Å². The number of rotatable bonds is 3. The van der Waals surface area contributed by atoms with E-state index in [-0.39, 0.29) is 41.3 Å². The van der Waals surface area contributed by atoms with Crippen LogP contribution in [0.2, 0.25) is 5.15 Å². The molecule has 31 heavy (non-hydrogen) atoms. The lowest BCUT2D eigenvalue weighted by Gasteiger charge is -2.45. The first-order valence-electron chi connectivity index (χ1n) is 10.5. The summed E-state index contributed by atoms with van der Waals surface area (Å²) in [5.74, 6) is -0.702. The lowest BCUT2D eigenvalue weighted by atomic mass is 9.90. The Bertz CT molecular complexity index is 1070. The summed E-state index contributed by atoms with van der Waals surface area (Å²) in [5.41, 5.74) is -1.01. The van der Waals surface area contributed by atoms with Gasteiger partial charge in [-0.1, -0.05) is 11.6 Å². The van der Waals surface area contributed by atoms with E-state index in [2.05, 4.69) is 4.98 Å². The lowest BCUT2D eigenvalue weighted by molar-refractivity contribution is -0.141. The normalized spacial score (nSPS) is 22.9. The molecule has 1 aliphatic heterocycles. The molecule has 3 fully saturated rings. The fourth-order valence-electron chi connectivity index (χ4n) is 4.46. The summed E-state index contributed by atoms with van der Waals surface area (Å²) < 4.78 is 42.3. The molecular weight excluding hydrogens is 433 g/mol. The number of carbonyl (C=O) groups is 2. The number of aromatic nitrogens is 2. The van der Waals surface area contributed by atoms with E-state index >= 15 is 0 Å². The molecule has 166 valence electrons. The van der Waals surface area contributed by atoms with Crippen LogP contribution in [-0.2, 0) is 11.0 Å². The number of imidazole rings is 1. The van der Waals surface area contributed by atoms with Crippen LogP contribution in [0.5, 0.6) is 0 Å². The van der Waals surface area contributed by atoms with Crippen LogP contribution in [0.3, 0.4) is 0 Å². The van der Waals surface area contributed by atoms with Crippen molar-refractivity contribution in [3.8, 4) is 0 Å². The molecule has 0 aromatic carbocycles. The van der Waals surface area contributed by atoms with Gasteiger partial charge in [0.2, 0.25) is 5.91 Å². The second-order valence-electron chi connectivity index (χ2n) is 8.82. The van der Waals surface area contributed by atoms with Crippen LogP contribution in [0.4, 0.5) is 13.2 Å². The van der Waals surface area contributed by atoms with Crippen LogP contribution < -0.4 is 0 Å². The molecule has 1 atom stereocenters. The predicted molar refractivity (Wildman–Crippen MR) is 107 cm³/mol. The molecule has 0 bridgehead atoms. The quantitative estimate of drug-likeness (QED) is 0.701. The van der Waals surface area contributed by atoms with Gasteiger partial charge in [0.15, 0.2) is 11.3 Å². The highest BCUT2D eigenvalue weighted by Gasteiger charge is 2.41. The number of hydrogen-bond acceptors (Lipinski definition) is 3. The molecule has 10 heteroatoms. The number of fused-ring (bicyclic) bond motifs is 1. The first-order chi connectivity index (χ1) is 14.6. The fourth-order valence-corrected chi connectivity index (χ4v) is 4.71. The average Bonchev–Trinajstić information content (AvgIpc) is 3.45. The number of amides is 2. The average molecular weight is 455 g/mol. The molecule has 0 spiro atoms. The van der Waals surface area contributed by atoms with Gasteiger partial charge in [0, 0.05) is 24.8 Å². The Morgan fingerprint density at radius 3 is 2.52 bits per heavy atom. The highest BCUT2D eigenvalue weighted by atomic mass is 35.5. The first kappa shape index (κ1) is 20.6. The second-order valence-corrected chi connectivity index (χ2v) is 9.17. The van der Waals surface area contributed by atoms with Crippen molar-refractivity contribution in [1.29, 1.82) is 0 Å². The van der Waals surface area contributed by atoms with E-state index in [1.807, 2.05) is 11.8 Å². The lowest BCUT2D eigenvalue weighted by Crippen LogP contribution is -2.60. The second kappa shape index (κ2) is 7.12. The van der Waals surface area contributed by atoms with Gasteiger partial charge < -0.3 is 9.80 Å². The number of alkyl halides is 3. The smallest absolute Gasteiger partial charge is 0.336 e. The molecule has 2 aromatic heterocycles. The zero-order valence-electron chi connectivity index (χ0n) is 17.0. The van der Waals surface area contributed by atoms with E-state index < -0.39 is 23.3 Å². The molecule has 0 radical (unpaired) electrons. The zero-order valence-corrected chi connectivity index (χ0v) is 17.7. The highest BCUT2D eigenvalue weighted by Crippen LogP contribution is 2.43. The minimum atomic E-state index is -4.63. The molecule has 0 N–H and O–H groups in total. The van der Waals surface area contributed by atoms with E-state index in [9.17, 15) is 22.8 Å². The van der Waals surface area contributed by atoms with Gasteiger partial charge in [-0.15, -0.1) is 0 Å². The maximum Gasteiger partial charge on any atom is 0.419 e. The van der Waals surface area contributed by atoms with Crippen molar-refractivity contribution in [2.24, 2.45) is 0 Å². The zero-order chi connectivity index (χ0) is 22.1. The third kappa shape index (κ3) is 3.46. The summed E-state index contributed by atoms with van der Waals surface area (Å²) in [6.45, 7) is 2.10. The van der Waals surface area contributed by atoms with Gasteiger partial charge in [0.1, 0.15) is 11.7 Å². The standard InChI is InChI=1S/C21H22ClF3N4O2/c1-11-8-28(14-3-2-4-14)16(30)10-27(11)20(31)17-18(22)29-9-13(12-5-6-12)7-15(19(29)26-17)21(23,24)25/h7,9,11-12,14H,2-6,8,10H2,1H3/t11-/m1/s1. The van der Waals surface area contributed by atoms with Crippen LogP contribution in [0.1, 0.15) is 66.6 Å². The minimum absolute atomic E-state index is 0.0698. The molecule has 2 aliphatic carbocycles. The highest BCUT2D eigenvalue weighted by molar-refractivity contribution is 6.33. The minimum Gasteiger partial charge on any atom is -0.336 e. The predicted octanol–water partition coefficient (Wildman–Crippen LogP) is 4.11. The van der Waals surface area contributed by atoms with Gasteiger partial charge in [-0.25, -0.2) is 4.98 Å². The van der Waals surface area contributed by atoms with Crippen molar-refractivity contribution in [1.82, 2.24) is 19.2 Å². The summed E-state index contributed by atoms with van der Waals surface area (Å²) in [7, 11) is 0. The third-order valence-electron chi connectivity index (χ3n) is 6.63. The van der Waals surface area contributed by atoms with Crippen LogP contribution >= 0.6 is 11.6 Å². The Kier molecular flexibility index (Phi) is 4.73. The van der Waals surface area contributed by atoms with Crippen molar-refractivity contribution in [3.63, 3.8) is 0 Å². The Labute approximate surface area is 182 Å². The molecule has 2 amide bonds. The van der Waals surface area contributed by atoms with Crippen LogP contribution in [0, 0.1) is 0 Å². The van der Waals surface area contributed by atoms with E-state index in [0.29, 0.717) is 12.1 Å². The molecule has 3 aliphatic rings. The Morgan fingerprint density at radius 1 is 1.23 bits per heavy atom. The molecule has 1 saturated heterocycles. The number of piperazine rings is 1. The molecule has 6 nitrogen and oxygen atoms in total. The molecule has 0 unspecified atom stereocenters. The largest absolute Gasteiger partial charge is 0.419 e. The molecule has 3 heterocycles. The Morgan fingerprint density at radius 2 is 1.94 bits per heavy atom. The number of pyridine rings is 1. The topological polar surface area (TPSA) is 57.9 Å². The van der Waals surface area contributed by atoms with Gasteiger partial charge in [-0.05, 0) is 56.6 Å². The summed E-state index contributed by atoms with van der Waals surface area (Å²) in [6.07, 6.45) is 1.59. The summed E-state index contributed by atoms with van der Waals surface area (Å²) >= 11 is 6.38. The first-order valence-corrected chi connectivity index (χ1v) is 10.9. The summed E-state index contributed by atoms with van der Waals surface area (Å²) in [5, 5.41) is -0.158. The van der Waals surface area contributed by atoms with Gasteiger partial charge in [-0.2, -0.15) is 13.2 Å².